The van der Waals surface area contributed by atoms with E-state index in [0.29, 0.717) is 22.7 Å². The maximum Gasteiger partial charge on any atom is 0.315 e. The molecule has 0 aliphatic heterocycles. The number of hydrogen-bond donors (Lipinski definition) is 1. The molecule has 1 aliphatic carbocycles. The molecule has 3 heterocycles. The third kappa shape index (κ3) is 4.32. The SMILES string of the molecule is Cc1ccc(S(=O)(=O)n2cc(-c3nccc(C4CC4)n3)c3cc(-c4nnc(NC(C)C)o4)c(F)cc32)cc1. The van der Waals surface area contributed by atoms with Crippen molar-refractivity contribution in [2.24, 2.45) is 0 Å². The Kier molecular flexibility index (Phi) is 5.75. The van der Waals surface area contributed by atoms with Crippen molar-refractivity contribution in [3.8, 4) is 22.8 Å². The number of halogens is 1. The van der Waals surface area contributed by atoms with E-state index in [-0.39, 0.29) is 33.9 Å². The van der Waals surface area contributed by atoms with Gasteiger partial charge in [-0.2, -0.15) is 0 Å². The molecule has 0 atom stereocenters. The van der Waals surface area contributed by atoms with Crippen LogP contribution in [0.15, 0.2) is 64.2 Å². The molecule has 194 valence electrons. The summed E-state index contributed by atoms with van der Waals surface area (Å²) in [4.78, 5) is 9.25. The fraction of sp³-hybridized carbons (Fsp3) is 0.259. The molecule has 0 unspecified atom stereocenters. The summed E-state index contributed by atoms with van der Waals surface area (Å²) < 4.78 is 49.7. The average Bonchev–Trinajstić information content (AvgIpc) is 3.53. The lowest BCUT2D eigenvalue weighted by atomic mass is 10.1. The number of benzene rings is 2. The van der Waals surface area contributed by atoms with Gasteiger partial charge < -0.3 is 9.73 Å². The molecule has 1 fully saturated rings. The van der Waals surface area contributed by atoms with Gasteiger partial charge in [-0.25, -0.2) is 26.7 Å². The minimum absolute atomic E-state index is 0.0275. The Labute approximate surface area is 218 Å². The summed E-state index contributed by atoms with van der Waals surface area (Å²) in [7, 11) is -4.05. The lowest BCUT2D eigenvalue weighted by Crippen LogP contribution is -2.12. The molecular weight excluding hydrogens is 507 g/mol. The molecule has 3 aromatic heterocycles. The van der Waals surface area contributed by atoms with Crippen LogP contribution in [0, 0.1) is 12.7 Å². The zero-order valence-electron chi connectivity index (χ0n) is 21.0. The van der Waals surface area contributed by atoms with Crippen LogP contribution in [-0.4, -0.2) is 38.6 Å². The highest BCUT2D eigenvalue weighted by Gasteiger charge is 2.28. The van der Waals surface area contributed by atoms with Gasteiger partial charge in [0.15, 0.2) is 5.82 Å². The van der Waals surface area contributed by atoms with E-state index in [0.717, 1.165) is 28.1 Å². The molecule has 6 rings (SSSR count). The minimum atomic E-state index is -4.05. The Morgan fingerprint density at radius 1 is 1.08 bits per heavy atom. The van der Waals surface area contributed by atoms with Gasteiger partial charge in [-0.1, -0.05) is 22.8 Å². The molecule has 11 heteroatoms. The molecule has 9 nitrogen and oxygen atoms in total. The van der Waals surface area contributed by atoms with Gasteiger partial charge >= 0.3 is 6.01 Å². The maximum absolute atomic E-state index is 15.5. The van der Waals surface area contributed by atoms with Gasteiger partial charge in [0.05, 0.1) is 16.0 Å². The number of nitrogens with zero attached hydrogens (tertiary/aromatic N) is 5. The zero-order chi connectivity index (χ0) is 26.6. The average molecular weight is 533 g/mol. The summed E-state index contributed by atoms with van der Waals surface area (Å²) in [5.74, 6) is 0.0115. The standard InChI is InChI=1S/C27H25FN6O3S/c1-15(2)30-27-33-32-26(37-27)20-12-19-21(25-29-11-10-23(31-25)17-6-7-17)14-34(24(19)13-22(20)28)38(35,36)18-8-4-16(3)5-9-18/h4-5,8-15,17H,6-7H2,1-3H3,(H,30,33). The number of fused-ring (bicyclic) bond motifs is 1. The monoisotopic (exact) mass is 532 g/mol. The topological polar surface area (TPSA) is 116 Å². The quantitative estimate of drug-likeness (QED) is 0.291. The maximum atomic E-state index is 15.5. The van der Waals surface area contributed by atoms with Crippen molar-refractivity contribution in [3.05, 3.63) is 71.9 Å². The smallest absolute Gasteiger partial charge is 0.315 e. The van der Waals surface area contributed by atoms with E-state index in [9.17, 15) is 8.42 Å². The minimum Gasteiger partial charge on any atom is -0.403 e. The van der Waals surface area contributed by atoms with Gasteiger partial charge in [0, 0.05) is 47.1 Å². The molecule has 38 heavy (non-hydrogen) atoms. The van der Waals surface area contributed by atoms with Crippen LogP contribution in [-0.2, 0) is 10.0 Å². The summed E-state index contributed by atoms with van der Waals surface area (Å²) in [6.07, 6.45) is 5.23. The lowest BCUT2D eigenvalue weighted by molar-refractivity contribution is 0.564. The van der Waals surface area contributed by atoms with Crippen molar-refractivity contribution in [3.63, 3.8) is 0 Å². The van der Waals surface area contributed by atoms with Crippen LogP contribution in [0.2, 0.25) is 0 Å². The summed E-state index contributed by atoms with van der Waals surface area (Å²) in [5.41, 5.74) is 2.49. The normalized spacial score (nSPS) is 13.9. The van der Waals surface area contributed by atoms with Crippen LogP contribution >= 0.6 is 0 Å². The van der Waals surface area contributed by atoms with Crippen molar-refractivity contribution in [2.75, 3.05) is 5.32 Å². The molecule has 0 saturated heterocycles. The van der Waals surface area contributed by atoms with E-state index in [4.69, 9.17) is 9.40 Å². The van der Waals surface area contributed by atoms with E-state index in [2.05, 4.69) is 20.5 Å². The number of aryl methyl sites for hydroxylation is 1. The molecular formula is C27H25FN6O3S. The molecule has 0 spiro atoms. The highest BCUT2D eigenvalue weighted by atomic mass is 32.2. The van der Waals surface area contributed by atoms with Crippen molar-refractivity contribution in [1.29, 1.82) is 0 Å². The van der Waals surface area contributed by atoms with Gasteiger partial charge in [0.2, 0.25) is 0 Å². The molecule has 1 N–H and O–H groups in total. The molecule has 5 aromatic rings. The summed E-state index contributed by atoms with van der Waals surface area (Å²) in [6.45, 7) is 5.70. The first-order valence-corrected chi connectivity index (χ1v) is 13.8. The Bertz CT molecular complexity index is 1770. The van der Waals surface area contributed by atoms with Crippen LogP contribution < -0.4 is 5.32 Å². The number of aromatic nitrogens is 5. The molecule has 0 bridgehead atoms. The number of nitrogens with one attached hydrogen (secondary N) is 1. The van der Waals surface area contributed by atoms with E-state index < -0.39 is 15.8 Å². The van der Waals surface area contributed by atoms with E-state index >= 15 is 4.39 Å². The Morgan fingerprint density at radius 2 is 1.84 bits per heavy atom. The van der Waals surface area contributed by atoms with Gasteiger partial charge in [-0.3, -0.25) is 0 Å². The first-order chi connectivity index (χ1) is 18.2. The number of hydrogen-bond acceptors (Lipinski definition) is 8. The molecule has 0 radical (unpaired) electrons. The molecule has 2 aromatic carbocycles. The van der Waals surface area contributed by atoms with Crippen molar-refractivity contribution in [2.45, 2.75) is 50.5 Å². The zero-order valence-corrected chi connectivity index (χ0v) is 21.8. The van der Waals surface area contributed by atoms with Crippen molar-refractivity contribution < 1.29 is 17.2 Å². The van der Waals surface area contributed by atoms with E-state index in [1.807, 2.05) is 26.8 Å². The molecule has 1 saturated carbocycles. The highest BCUT2D eigenvalue weighted by molar-refractivity contribution is 7.90. The van der Waals surface area contributed by atoms with Crippen LogP contribution in [0.4, 0.5) is 10.4 Å². The summed E-state index contributed by atoms with van der Waals surface area (Å²) >= 11 is 0. The second-order valence-electron chi connectivity index (χ2n) is 9.80. The summed E-state index contributed by atoms with van der Waals surface area (Å²) in [5, 5.41) is 11.4. The summed E-state index contributed by atoms with van der Waals surface area (Å²) in [6, 6.07) is 11.3. The van der Waals surface area contributed by atoms with Gasteiger partial charge in [-0.05, 0) is 57.9 Å². The van der Waals surface area contributed by atoms with Crippen LogP contribution in [0.25, 0.3) is 33.7 Å². The van der Waals surface area contributed by atoms with Gasteiger partial charge in [0.1, 0.15) is 5.82 Å². The lowest BCUT2D eigenvalue weighted by Gasteiger charge is -2.08. The van der Waals surface area contributed by atoms with Crippen molar-refractivity contribution in [1.82, 2.24) is 24.1 Å². The van der Waals surface area contributed by atoms with Gasteiger partial charge in [0.25, 0.3) is 15.9 Å². The van der Waals surface area contributed by atoms with Crippen molar-refractivity contribution >= 4 is 26.9 Å². The third-order valence-electron chi connectivity index (χ3n) is 6.42. The fourth-order valence-corrected chi connectivity index (χ4v) is 5.69. The van der Waals surface area contributed by atoms with Crippen LogP contribution in [0.5, 0.6) is 0 Å². The predicted octanol–water partition coefficient (Wildman–Crippen LogP) is 5.53. The third-order valence-corrected chi connectivity index (χ3v) is 8.11. The Morgan fingerprint density at radius 3 is 2.55 bits per heavy atom. The van der Waals surface area contributed by atoms with E-state index in [1.54, 1.807) is 18.3 Å². The number of anilines is 1. The first-order valence-electron chi connectivity index (χ1n) is 12.3. The second kappa shape index (κ2) is 9.02. The molecule has 1 aliphatic rings. The first kappa shape index (κ1) is 24.2. The Balaban J connectivity index is 1.57. The highest BCUT2D eigenvalue weighted by Crippen LogP contribution is 2.40. The molecule has 0 amide bonds. The van der Waals surface area contributed by atoms with Gasteiger partial charge in [-0.15, -0.1) is 5.10 Å². The van der Waals surface area contributed by atoms with Crippen LogP contribution in [0.1, 0.15) is 43.9 Å². The Hall–Kier alpha value is -4.12. The largest absolute Gasteiger partial charge is 0.403 e. The predicted molar refractivity (Wildman–Crippen MR) is 141 cm³/mol. The van der Waals surface area contributed by atoms with Crippen LogP contribution in [0.3, 0.4) is 0 Å². The number of rotatable bonds is 7. The second-order valence-corrected chi connectivity index (χ2v) is 11.6. The van der Waals surface area contributed by atoms with E-state index in [1.165, 1.54) is 30.5 Å². The fourth-order valence-electron chi connectivity index (χ4n) is 4.33.